The van der Waals surface area contributed by atoms with Gasteiger partial charge in [0.2, 0.25) is 0 Å². The average molecular weight is 353 g/mol. The second kappa shape index (κ2) is 7.02. The van der Waals surface area contributed by atoms with E-state index < -0.39 is 0 Å². The van der Waals surface area contributed by atoms with Crippen molar-refractivity contribution < 1.29 is 9.13 Å². The Bertz CT molecular complexity index is 619. The Kier molecular flexibility index (Phi) is 5.33. The molecule has 0 radical (unpaired) electrons. The summed E-state index contributed by atoms with van der Waals surface area (Å²) in [5.74, 6) is 6.12. The summed E-state index contributed by atoms with van der Waals surface area (Å²) in [4.78, 5) is 0. The third-order valence-corrected chi connectivity index (χ3v) is 3.86. The standard InChI is InChI=1S/C16H18BrFN2O/c1-10(2)21-12-6-3-5-11(9-12)16(20-19)13-7-4-8-14(18)15(13)17/h3-10,16,20H,19H2,1-2H3. The number of benzene rings is 2. The van der Waals surface area contributed by atoms with Crippen LogP contribution in [0.4, 0.5) is 4.39 Å². The van der Waals surface area contributed by atoms with E-state index in [0.29, 0.717) is 4.47 Å². The Balaban J connectivity index is 2.39. The molecule has 0 bridgehead atoms. The number of rotatable bonds is 5. The lowest BCUT2D eigenvalue weighted by atomic mass is 9.99. The molecule has 1 unspecified atom stereocenters. The molecule has 112 valence electrons. The minimum absolute atomic E-state index is 0.0884. The number of halogens is 2. The molecule has 0 heterocycles. The number of hydrazine groups is 1. The van der Waals surface area contributed by atoms with Gasteiger partial charge >= 0.3 is 0 Å². The lowest BCUT2D eigenvalue weighted by Crippen LogP contribution is -2.29. The van der Waals surface area contributed by atoms with Crippen molar-refractivity contribution in [3.05, 3.63) is 63.9 Å². The molecule has 0 saturated carbocycles. The molecule has 5 heteroatoms. The zero-order valence-electron chi connectivity index (χ0n) is 11.9. The fourth-order valence-electron chi connectivity index (χ4n) is 2.15. The van der Waals surface area contributed by atoms with E-state index >= 15 is 0 Å². The molecular formula is C16H18BrFN2O. The highest BCUT2D eigenvalue weighted by Crippen LogP contribution is 2.31. The summed E-state index contributed by atoms with van der Waals surface area (Å²) >= 11 is 3.28. The maximum atomic E-state index is 13.7. The first-order chi connectivity index (χ1) is 10.0. The summed E-state index contributed by atoms with van der Waals surface area (Å²) in [5, 5.41) is 0. The van der Waals surface area contributed by atoms with Crippen molar-refractivity contribution in [2.24, 2.45) is 5.84 Å². The van der Waals surface area contributed by atoms with Gasteiger partial charge in [0, 0.05) is 0 Å². The van der Waals surface area contributed by atoms with Crippen molar-refractivity contribution in [1.29, 1.82) is 0 Å². The van der Waals surface area contributed by atoms with Crippen LogP contribution in [0, 0.1) is 5.82 Å². The van der Waals surface area contributed by atoms with Crippen molar-refractivity contribution >= 4 is 15.9 Å². The van der Waals surface area contributed by atoms with Crippen molar-refractivity contribution in [3.8, 4) is 5.75 Å². The molecule has 0 spiro atoms. The normalized spacial score (nSPS) is 12.5. The second-order valence-corrected chi connectivity index (χ2v) is 5.77. The molecule has 0 aliphatic rings. The van der Waals surface area contributed by atoms with Crippen LogP contribution in [0.2, 0.25) is 0 Å². The molecule has 0 amide bonds. The quantitative estimate of drug-likeness (QED) is 0.633. The zero-order valence-corrected chi connectivity index (χ0v) is 13.5. The van der Waals surface area contributed by atoms with Crippen LogP contribution in [0.25, 0.3) is 0 Å². The Hall–Kier alpha value is -1.43. The molecule has 2 aromatic rings. The van der Waals surface area contributed by atoms with Gasteiger partial charge in [0.1, 0.15) is 11.6 Å². The molecular weight excluding hydrogens is 335 g/mol. The highest BCUT2D eigenvalue weighted by Gasteiger charge is 2.18. The fraction of sp³-hybridized carbons (Fsp3) is 0.250. The lowest BCUT2D eigenvalue weighted by Gasteiger charge is -2.20. The summed E-state index contributed by atoms with van der Waals surface area (Å²) in [7, 11) is 0. The number of nitrogens with two attached hydrogens (primary N) is 1. The number of nitrogens with one attached hydrogen (secondary N) is 1. The van der Waals surface area contributed by atoms with Crippen LogP contribution >= 0.6 is 15.9 Å². The third-order valence-electron chi connectivity index (χ3n) is 3.02. The molecule has 3 N–H and O–H groups in total. The van der Waals surface area contributed by atoms with Crippen LogP contribution in [0.3, 0.4) is 0 Å². The second-order valence-electron chi connectivity index (χ2n) is 4.98. The van der Waals surface area contributed by atoms with Gasteiger partial charge in [-0.25, -0.2) is 9.82 Å². The maximum Gasteiger partial charge on any atom is 0.137 e. The van der Waals surface area contributed by atoms with Gasteiger partial charge < -0.3 is 4.74 Å². The Morgan fingerprint density at radius 3 is 2.57 bits per heavy atom. The average Bonchev–Trinajstić information content (AvgIpc) is 2.44. The van der Waals surface area contributed by atoms with Crippen LogP contribution in [0.1, 0.15) is 31.0 Å². The Labute approximate surface area is 132 Å². The maximum absolute atomic E-state index is 13.7. The van der Waals surface area contributed by atoms with Crippen LogP contribution in [-0.4, -0.2) is 6.10 Å². The van der Waals surface area contributed by atoms with E-state index in [0.717, 1.165) is 16.9 Å². The molecule has 0 fully saturated rings. The topological polar surface area (TPSA) is 47.3 Å². The van der Waals surface area contributed by atoms with Crippen molar-refractivity contribution in [2.45, 2.75) is 26.0 Å². The van der Waals surface area contributed by atoms with Crippen LogP contribution in [-0.2, 0) is 0 Å². The SMILES string of the molecule is CC(C)Oc1cccc(C(NN)c2cccc(F)c2Br)c1. The first kappa shape index (κ1) is 15.9. The van der Waals surface area contributed by atoms with E-state index in [2.05, 4.69) is 21.4 Å². The fourth-order valence-corrected chi connectivity index (χ4v) is 2.64. The van der Waals surface area contributed by atoms with E-state index in [1.54, 1.807) is 6.07 Å². The Morgan fingerprint density at radius 2 is 1.90 bits per heavy atom. The van der Waals surface area contributed by atoms with Gasteiger partial charge in [0.25, 0.3) is 0 Å². The van der Waals surface area contributed by atoms with E-state index in [4.69, 9.17) is 10.6 Å². The largest absolute Gasteiger partial charge is 0.491 e. The molecule has 3 nitrogen and oxygen atoms in total. The molecule has 2 rings (SSSR count). The monoisotopic (exact) mass is 352 g/mol. The van der Waals surface area contributed by atoms with Gasteiger partial charge in [-0.15, -0.1) is 0 Å². The van der Waals surface area contributed by atoms with E-state index in [1.165, 1.54) is 6.07 Å². The first-order valence-electron chi connectivity index (χ1n) is 6.69. The van der Waals surface area contributed by atoms with Gasteiger partial charge in [-0.3, -0.25) is 5.84 Å². The van der Waals surface area contributed by atoms with Crippen molar-refractivity contribution in [2.75, 3.05) is 0 Å². The minimum atomic E-state index is -0.328. The van der Waals surface area contributed by atoms with Crippen molar-refractivity contribution in [1.82, 2.24) is 5.43 Å². The van der Waals surface area contributed by atoms with E-state index in [1.807, 2.05) is 44.2 Å². The van der Waals surface area contributed by atoms with E-state index in [9.17, 15) is 4.39 Å². The number of ether oxygens (including phenoxy) is 1. The summed E-state index contributed by atoms with van der Waals surface area (Å²) < 4.78 is 19.8. The smallest absolute Gasteiger partial charge is 0.137 e. The van der Waals surface area contributed by atoms with Gasteiger partial charge in [-0.1, -0.05) is 24.3 Å². The molecule has 2 aromatic carbocycles. The van der Waals surface area contributed by atoms with Crippen LogP contribution in [0.15, 0.2) is 46.9 Å². The van der Waals surface area contributed by atoms with Crippen LogP contribution in [0.5, 0.6) is 5.75 Å². The Morgan fingerprint density at radius 1 is 1.19 bits per heavy atom. The van der Waals surface area contributed by atoms with Crippen LogP contribution < -0.4 is 16.0 Å². The number of hydrogen-bond acceptors (Lipinski definition) is 3. The first-order valence-corrected chi connectivity index (χ1v) is 7.49. The summed E-state index contributed by atoms with van der Waals surface area (Å²) in [5.41, 5.74) is 4.37. The predicted octanol–water partition coefficient (Wildman–Crippen LogP) is 3.93. The third kappa shape index (κ3) is 3.81. The van der Waals surface area contributed by atoms with Crippen molar-refractivity contribution in [3.63, 3.8) is 0 Å². The van der Waals surface area contributed by atoms with Gasteiger partial charge in [-0.2, -0.15) is 0 Å². The molecule has 0 aliphatic heterocycles. The van der Waals surface area contributed by atoms with E-state index in [-0.39, 0.29) is 18.0 Å². The van der Waals surface area contributed by atoms with Gasteiger partial charge in [-0.05, 0) is 59.1 Å². The number of hydrogen-bond donors (Lipinski definition) is 2. The highest BCUT2D eigenvalue weighted by molar-refractivity contribution is 9.10. The molecule has 0 aliphatic carbocycles. The summed E-state index contributed by atoms with van der Waals surface area (Å²) in [6.45, 7) is 3.93. The lowest BCUT2D eigenvalue weighted by molar-refractivity contribution is 0.242. The molecule has 21 heavy (non-hydrogen) atoms. The zero-order chi connectivity index (χ0) is 15.4. The molecule has 0 aromatic heterocycles. The van der Waals surface area contributed by atoms with Gasteiger partial charge in [0.15, 0.2) is 0 Å². The summed E-state index contributed by atoms with van der Waals surface area (Å²) in [6.07, 6.45) is 0.0884. The molecule has 0 saturated heterocycles. The molecule has 1 atom stereocenters. The highest BCUT2D eigenvalue weighted by atomic mass is 79.9. The predicted molar refractivity (Wildman–Crippen MR) is 85.5 cm³/mol. The van der Waals surface area contributed by atoms with Gasteiger partial charge in [0.05, 0.1) is 16.6 Å². The summed E-state index contributed by atoms with van der Waals surface area (Å²) in [6, 6.07) is 12.2. The minimum Gasteiger partial charge on any atom is -0.491 e.